The average molecular weight is 2700 g/mol. The summed E-state index contributed by atoms with van der Waals surface area (Å²) in [6.45, 7) is 0. The van der Waals surface area contributed by atoms with Crippen molar-refractivity contribution in [2.24, 2.45) is 0 Å². The van der Waals surface area contributed by atoms with E-state index in [4.69, 9.17) is 399 Å². The minimum atomic E-state index is -3.11. The maximum atomic E-state index is 8.67. The number of hydrogen-bond acceptors (Lipinski definition) is 41. The number of rotatable bonds is 0. The molecule has 0 rings (SSSR count). The Kier molecular flexibility index (Phi) is 576. The van der Waals surface area contributed by atoms with Gasteiger partial charge in [0.25, 0.3) is 273 Å². The van der Waals surface area contributed by atoms with E-state index < -0.39 is 341 Å². The van der Waals surface area contributed by atoms with Gasteiger partial charge in [-0.05, 0) is 0 Å². The Bertz CT molecular complexity index is 1730. The molecule has 1 atom stereocenters. The van der Waals surface area contributed by atoms with Gasteiger partial charge in [0.05, 0.1) is 11.4 Å². The summed E-state index contributed by atoms with van der Waals surface area (Å²) in [4.78, 5) is 0. The van der Waals surface area contributed by atoms with E-state index in [9.17, 15) is 0 Å². The molecule has 0 amide bonds. The molecule has 0 radical (unpaired) electrons. The third-order valence-electron chi connectivity index (χ3n) is 0. The van der Waals surface area contributed by atoms with E-state index in [1.807, 2.05) is 0 Å². The number of hydrogen-bond donors (Lipinski definition) is 49. The first kappa shape index (κ1) is 278. The van der Waals surface area contributed by atoms with Gasteiger partial charge in [0.15, 0.2) is 0 Å². The fourth-order valence-corrected chi connectivity index (χ4v) is 0. The molecule has 0 aliphatic carbocycles. The van der Waals surface area contributed by atoms with Gasteiger partial charge < -0.3 is 54.6 Å². The summed E-state index contributed by atoms with van der Waals surface area (Å²) in [5, 5.41) is 0. The van der Waals surface area contributed by atoms with E-state index in [1.54, 1.807) is 0 Å². The van der Waals surface area contributed by atoms with Crippen LogP contribution in [0.2, 0.25) is 0 Å². The van der Waals surface area contributed by atoms with E-state index in [2.05, 4.69) is 0 Å². The van der Waals surface area contributed by atoms with Crippen molar-refractivity contribution in [3.8, 4) is 0 Å². The van der Waals surface area contributed by atoms with Crippen molar-refractivity contribution < 1.29 is 725 Å². The van der Waals surface area contributed by atoms with Crippen molar-refractivity contribution >= 4 is 341 Å². The van der Waals surface area contributed by atoms with E-state index >= 15 is 0 Å². The van der Waals surface area contributed by atoms with Gasteiger partial charge in [0, 0.05) is 0 Å². The molecular formula is H49Na11O90S30. The first-order valence-corrected chi connectivity index (χ1v) is 47.3. The fraction of sp³-hybridized carbons (Fsp3) is 0. The summed E-state index contributed by atoms with van der Waals surface area (Å²) < 4.78 is 699. The van der Waals surface area contributed by atoms with Crippen LogP contribution >= 0.6 is 0 Å². The molecule has 0 aliphatic heterocycles. The summed E-state index contributed by atoms with van der Waals surface area (Å²) in [5.74, 6) is 0. The Morgan fingerprint density at radius 3 is 0.0840 bits per heavy atom. The van der Waals surface area contributed by atoms with Gasteiger partial charge in [0.2, 0.25) is 0 Å². The van der Waals surface area contributed by atoms with Crippen molar-refractivity contribution in [2.75, 3.05) is 0 Å². The molecule has 90 nitrogen and oxygen atoms in total. The first-order chi connectivity index (χ1) is 52.0. The van der Waals surface area contributed by atoms with Crippen LogP contribution in [0.5, 0.6) is 0 Å². The van der Waals surface area contributed by atoms with Crippen LogP contribution in [0.3, 0.4) is 0 Å². The standard InChI is InChI=1S/11Na.30H2O3S/c;;;;;;;;;;;30*1-4(2)3/h;;;;;;;;;;;30*(H2,1,2,3)/q11*+1;;;;;;;;;;;;;;;;;;;;;;;;;;;;;;/p-11. The zero-order valence-electron chi connectivity index (χ0n) is 61.9. The summed E-state index contributed by atoms with van der Waals surface area (Å²) in [6.07, 6.45) is 0. The minimum Gasteiger partial charge on any atom is -0.784 e. The van der Waals surface area contributed by atoms with Crippen LogP contribution in [0.15, 0.2) is 0 Å². The predicted molar refractivity (Wildman–Crippen MR) is 382 cm³/mol. The van der Waals surface area contributed by atoms with Gasteiger partial charge in [-0.3, -0.25) is 240 Å². The van der Waals surface area contributed by atoms with Gasteiger partial charge in [0.1, 0.15) is 0 Å². The largest absolute Gasteiger partial charge is 1.00 e. The van der Waals surface area contributed by atoms with Gasteiger partial charge >= 0.3 is 325 Å². The molecule has 0 aliphatic rings. The first-order valence-electron chi connectivity index (χ1n) is 15.8. The Morgan fingerprint density at radius 1 is 0.0840 bits per heavy atom. The van der Waals surface area contributed by atoms with Crippen molar-refractivity contribution in [3.05, 3.63) is 0 Å². The molecule has 0 spiro atoms. The van der Waals surface area contributed by atoms with Crippen molar-refractivity contribution in [1.82, 2.24) is 0 Å². The quantitative estimate of drug-likeness (QED) is 0.0791. The van der Waals surface area contributed by atoms with E-state index in [1.165, 1.54) is 0 Å². The molecule has 0 saturated carbocycles. The molecular weight excluding hydrogens is 2650 g/mol. The maximum absolute atomic E-state index is 8.67. The molecule has 0 aromatic carbocycles. The topological polar surface area (TPSA) is 1760 Å². The molecule has 0 aromatic rings. The molecule has 1 unspecified atom stereocenters. The zero-order valence-corrected chi connectivity index (χ0v) is 108. The summed E-state index contributed by atoms with van der Waals surface area (Å²) in [6, 6.07) is 0. The van der Waals surface area contributed by atoms with E-state index in [0.717, 1.165) is 0 Å². The Morgan fingerprint density at radius 2 is 0.0840 bits per heavy atom. The Hall–Kier alpha value is 13.1. The Labute approximate surface area is 1050 Å². The zero-order chi connectivity index (χ0) is 107. The molecule has 131 heavy (non-hydrogen) atoms. The van der Waals surface area contributed by atoms with Crippen LogP contribution in [0, 0.1) is 0 Å². The second-order valence-electron chi connectivity index (χ2n) is 6.78. The monoisotopic (exact) mass is 2700 g/mol. The summed E-state index contributed by atoms with van der Waals surface area (Å²) >= 11 is -81.1. The van der Waals surface area contributed by atoms with Crippen LogP contribution in [0.4, 0.5) is 0 Å². The van der Waals surface area contributed by atoms with Gasteiger partial charge in [-0.2, -0.15) is 101 Å². The summed E-state index contributed by atoms with van der Waals surface area (Å²) in [7, 11) is 0. The third kappa shape index (κ3) is 16600. The molecule has 131 heteroatoms. The van der Waals surface area contributed by atoms with Gasteiger partial charge in [-0.25, -0.2) is 4.21 Å². The van der Waals surface area contributed by atoms with Crippen LogP contribution in [-0.4, -0.2) is 399 Å². The fourth-order valence-electron chi connectivity index (χ4n) is 0. The smallest absolute Gasteiger partial charge is 0.784 e. The molecule has 0 heterocycles. The van der Waals surface area contributed by atoms with E-state index in [0.29, 0.717) is 0 Å². The van der Waals surface area contributed by atoms with Crippen LogP contribution in [0.25, 0.3) is 0 Å². The van der Waals surface area contributed by atoms with Crippen LogP contribution in [0.1, 0.15) is 0 Å². The summed E-state index contributed by atoms with van der Waals surface area (Å²) in [5.41, 5.74) is 0. The SMILES string of the molecule is O=S(O)O.O=S(O)O.O=S(O)O.O=S(O)O.O=S(O)O.O=S(O)O.O=S(O)O.O=S(O)O.O=S(O)O.O=S(O)O.O=S(O)O.O=S(O)O.O=S(O)O.O=S(O)O.O=S(O)O.O=S(O)O.O=S(O)O.O=S(O)O.O=S(O)O.O=S(O)O.O=S(O)O.O=S(O)O.O=S(O)O.O=S(O)O.O=S([O-])O.O=S([O-])[O-].O=S([O-])[O-].O=S([O-])[O-].O=S([O-])[O-].O=S([O-])[O-].[Na+].[Na+].[Na+].[Na+].[Na+].[Na+].[Na+].[Na+].[Na+].[Na+].[Na+]. The second-order valence-corrected chi connectivity index (χ2v) is 20.3. The second kappa shape index (κ2) is 272. The van der Waals surface area contributed by atoms with Gasteiger partial charge in [-0.15, -0.1) is 56.8 Å². The van der Waals surface area contributed by atoms with Gasteiger partial charge in [-0.1, -0.05) is 0 Å². The molecule has 49 N–H and O–H groups in total. The third-order valence-corrected chi connectivity index (χ3v) is 0. The minimum absolute atomic E-state index is 0. The average Bonchev–Trinajstić information content (AvgIpc) is 3.29. The van der Waals surface area contributed by atoms with Crippen LogP contribution in [-0.2, 0) is 341 Å². The van der Waals surface area contributed by atoms with Crippen molar-refractivity contribution in [2.45, 2.75) is 0 Å². The molecule has 780 valence electrons. The molecule has 0 saturated heterocycles. The molecule has 0 aromatic heterocycles. The van der Waals surface area contributed by atoms with E-state index in [-0.39, 0.29) is 325 Å². The molecule has 0 bridgehead atoms. The van der Waals surface area contributed by atoms with Crippen molar-refractivity contribution in [1.29, 1.82) is 0 Å². The maximum Gasteiger partial charge on any atom is 1.00 e. The predicted octanol–water partition coefficient (Wildman–Crippen LogP) is -46.3. The Balaban J connectivity index is -0.0000000164. The normalized spacial score (nSPS) is 8.22. The van der Waals surface area contributed by atoms with Crippen molar-refractivity contribution in [3.63, 3.8) is 0 Å². The molecule has 0 fully saturated rings. The van der Waals surface area contributed by atoms with Crippen LogP contribution < -0.4 is 325 Å².